The van der Waals surface area contributed by atoms with Gasteiger partial charge in [0.25, 0.3) is 5.56 Å². The molecule has 3 N–H and O–H groups in total. The maximum Gasteiger partial charge on any atom is 0.328 e. The highest BCUT2D eigenvalue weighted by Gasteiger charge is 2.25. The number of nitrogens with zero attached hydrogens (tertiary/aromatic N) is 2. The molecular formula is C20H18N4O4. The number of aromatic amines is 1. The zero-order chi connectivity index (χ0) is 19.8. The van der Waals surface area contributed by atoms with E-state index in [0.29, 0.717) is 29.4 Å². The fraction of sp³-hybridized carbons (Fsp3) is 0.200. The summed E-state index contributed by atoms with van der Waals surface area (Å²) in [6.07, 6.45) is 0.747. The normalized spacial score (nSPS) is 12.9. The van der Waals surface area contributed by atoms with Crippen molar-refractivity contribution in [2.45, 2.75) is 19.4 Å². The van der Waals surface area contributed by atoms with E-state index in [-0.39, 0.29) is 18.9 Å². The van der Waals surface area contributed by atoms with Crippen LogP contribution in [0.1, 0.15) is 22.3 Å². The number of anilines is 1. The van der Waals surface area contributed by atoms with Gasteiger partial charge in [0.05, 0.1) is 10.9 Å². The molecule has 28 heavy (non-hydrogen) atoms. The van der Waals surface area contributed by atoms with Crippen LogP contribution in [0.2, 0.25) is 0 Å². The molecule has 8 heteroatoms. The predicted octanol–water partition coefficient (Wildman–Crippen LogP) is 0.768. The summed E-state index contributed by atoms with van der Waals surface area (Å²) in [6.45, 7) is 0.664. The summed E-state index contributed by atoms with van der Waals surface area (Å²) in [4.78, 5) is 52.2. The Morgan fingerprint density at radius 2 is 1.89 bits per heavy atom. The van der Waals surface area contributed by atoms with E-state index in [4.69, 9.17) is 5.73 Å². The molecule has 0 saturated heterocycles. The highest BCUT2D eigenvalue weighted by Crippen LogP contribution is 2.29. The van der Waals surface area contributed by atoms with Crippen LogP contribution in [0.15, 0.2) is 52.1 Å². The smallest absolute Gasteiger partial charge is 0.328 e. The van der Waals surface area contributed by atoms with E-state index in [1.165, 1.54) is 4.57 Å². The van der Waals surface area contributed by atoms with Gasteiger partial charge in [-0.25, -0.2) is 4.79 Å². The first-order chi connectivity index (χ1) is 13.5. The zero-order valence-corrected chi connectivity index (χ0v) is 15.0. The van der Waals surface area contributed by atoms with Gasteiger partial charge in [-0.15, -0.1) is 0 Å². The number of primary amides is 1. The minimum Gasteiger partial charge on any atom is -0.366 e. The van der Waals surface area contributed by atoms with Crippen LogP contribution in [0, 0.1) is 0 Å². The summed E-state index contributed by atoms with van der Waals surface area (Å²) in [7, 11) is 0. The van der Waals surface area contributed by atoms with Crippen LogP contribution in [-0.4, -0.2) is 27.9 Å². The van der Waals surface area contributed by atoms with Crippen LogP contribution in [0.25, 0.3) is 10.9 Å². The predicted molar refractivity (Wildman–Crippen MR) is 104 cm³/mol. The molecular weight excluding hydrogens is 360 g/mol. The monoisotopic (exact) mass is 378 g/mol. The second-order valence-electron chi connectivity index (χ2n) is 6.68. The third-order valence-electron chi connectivity index (χ3n) is 5.01. The van der Waals surface area contributed by atoms with Crippen molar-refractivity contribution >= 4 is 28.4 Å². The first kappa shape index (κ1) is 17.7. The number of H-pyrrole nitrogens is 1. The summed E-state index contributed by atoms with van der Waals surface area (Å²) < 4.78 is 1.40. The first-order valence-electron chi connectivity index (χ1n) is 8.90. The van der Waals surface area contributed by atoms with E-state index in [9.17, 15) is 19.2 Å². The van der Waals surface area contributed by atoms with Gasteiger partial charge in [-0.05, 0) is 42.3 Å². The molecule has 142 valence electrons. The Morgan fingerprint density at radius 3 is 2.68 bits per heavy atom. The zero-order valence-electron chi connectivity index (χ0n) is 15.0. The number of hydrogen-bond donors (Lipinski definition) is 2. The molecule has 0 bridgehead atoms. The summed E-state index contributed by atoms with van der Waals surface area (Å²) in [6, 6.07) is 11.8. The lowest BCUT2D eigenvalue weighted by molar-refractivity contribution is -0.118. The number of carbonyl (C=O) groups excluding carboxylic acids is 2. The quantitative estimate of drug-likeness (QED) is 0.697. The summed E-state index contributed by atoms with van der Waals surface area (Å²) in [5, 5.41) is 0.403. The van der Waals surface area contributed by atoms with Gasteiger partial charge in [-0.2, -0.15) is 0 Å². The molecule has 1 aliphatic heterocycles. The maximum absolute atomic E-state index is 12.8. The number of rotatable bonds is 4. The van der Waals surface area contributed by atoms with Gasteiger partial charge in [0.2, 0.25) is 11.8 Å². The molecule has 3 aromatic rings. The third-order valence-corrected chi connectivity index (χ3v) is 5.01. The Kier molecular flexibility index (Phi) is 4.31. The highest BCUT2D eigenvalue weighted by molar-refractivity contribution is 5.98. The molecule has 1 aliphatic rings. The van der Waals surface area contributed by atoms with Gasteiger partial charge in [0.1, 0.15) is 0 Å². The number of benzene rings is 2. The third kappa shape index (κ3) is 2.98. The molecule has 0 atom stereocenters. The molecule has 1 aromatic heterocycles. The number of carbonyl (C=O) groups is 2. The fourth-order valence-corrected chi connectivity index (χ4v) is 3.62. The van der Waals surface area contributed by atoms with E-state index in [0.717, 1.165) is 11.3 Å². The Bertz CT molecular complexity index is 1220. The van der Waals surface area contributed by atoms with Crippen molar-refractivity contribution in [2.24, 2.45) is 5.73 Å². The van der Waals surface area contributed by atoms with Gasteiger partial charge >= 0.3 is 5.69 Å². The second kappa shape index (κ2) is 6.80. The summed E-state index contributed by atoms with van der Waals surface area (Å²) in [5.41, 5.74) is 6.90. The number of nitrogens with one attached hydrogen (secondary N) is 1. The van der Waals surface area contributed by atoms with Crippen LogP contribution in [0.3, 0.4) is 0 Å². The van der Waals surface area contributed by atoms with Crippen molar-refractivity contribution in [3.8, 4) is 0 Å². The van der Waals surface area contributed by atoms with E-state index >= 15 is 0 Å². The fourth-order valence-electron chi connectivity index (χ4n) is 3.62. The van der Waals surface area contributed by atoms with Gasteiger partial charge in [-0.3, -0.25) is 23.9 Å². The van der Waals surface area contributed by atoms with E-state index in [1.54, 1.807) is 47.4 Å². The minimum absolute atomic E-state index is 0.104. The number of fused-ring (bicyclic) bond motifs is 2. The lowest BCUT2D eigenvalue weighted by atomic mass is 10.1. The number of aromatic nitrogens is 2. The lowest BCUT2D eigenvalue weighted by Gasteiger charge is -2.18. The van der Waals surface area contributed by atoms with Crippen LogP contribution < -0.4 is 21.9 Å². The molecule has 0 fully saturated rings. The molecule has 0 spiro atoms. The van der Waals surface area contributed by atoms with Crippen molar-refractivity contribution in [3.63, 3.8) is 0 Å². The number of aryl methyl sites for hydroxylation is 1. The van der Waals surface area contributed by atoms with Gasteiger partial charge in [0.15, 0.2) is 0 Å². The summed E-state index contributed by atoms with van der Waals surface area (Å²) in [5.74, 6) is -0.635. The van der Waals surface area contributed by atoms with E-state index in [2.05, 4.69) is 4.98 Å². The molecule has 0 saturated carbocycles. The average Bonchev–Trinajstić information content (AvgIpc) is 3.11. The standard InChI is InChI=1S/C20H18N4O4/c21-18(26)13-5-6-15-12(11-13)7-9-23(15)17(25)8-10-24-16-4-2-1-3-14(16)19(27)22-20(24)28/h1-6,11H,7-10H2,(H2,21,26)(H,22,27,28). The molecule has 0 aliphatic carbocycles. The van der Waals surface area contributed by atoms with Crippen LogP contribution >= 0.6 is 0 Å². The van der Waals surface area contributed by atoms with Crippen LogP contribution in [0.5, 0.6) is 0 Å². The molecule has 0 unspecified atom stereocenters. The minimum atomic E-state index is -0.538. The van der Waals surface area contributed by atoms with Gasteiger partial charge < -0.3 is 10.6 Å². The number of hydrogen-bond acceptors (Lipinski definition) is 4. The Balaban J connectivity index is 1.58. The number of amides is 2. The van der Waals surface area contributed by atoms with E-state index in [1.807, 2.05) is 0 Å². The largest absolute Gasteiger partial charge is 0.366 e. The highest BCUT2D eigenvalue weighted by atomic mass is 16.2. The molecule has 2 heterocycles. The topological polar surface area (TPSA) is 118 Å². The maximum atomic E-state index is 12.8. The van der Waals surface area contributed by atoms with Crippen molar-refractivity contribution in [1.82, 2.24) is 9.55 Å². The van der Waals surface area contributed by atoms with Gasteiger partial charge in [-0.1, -0.05) is 12.1 Å². The van der Waals surface area contributed by atoms with E-state index < -0.39 is 17.2 Å². The Morgan fingerprint density at radius 1 is 1.11 bits per heavy atom. The van der Waals surface area contributed by atoms with Crippen molar-refractivity contribution in [1.29, 1.82) is 0 Å². The summed E-state index contributed by atoms with van der Waals surface area (Å²) >= 11 is 0. The Labute approximate surface area is 159 Å². The lowest BCUT2D eigenvalue weighted by Crippen LogP contribution is -2.34. The Hall–Kier alpha value is -3.68. The number of para-hydroxylation sites is 1. The van der Waals surface area contributed by atoms with Crippen molar-refractivity contribution < 1.29 is 9.59 Å². The second-order valence-corrected chi connectivity index (χ2v) is 6.68. The molecule has 8 nitrogen and oxygen atoms in total. The molecule has 2 amide bonds. The molecule has 0 radical (unpaired) electrons. The van der Waals surface area contributed by atoms with Gasteiger partial charge in [0, 0.05) is 30.8 Å². The van der Waals surface area contributed by atoms with Crippen LogP contribution in [-0.2, 0) is 17.8 Å². The first-order valence-corrected chi connectivity index (χ1v) is 8.90. The van der Waals surface area contributed by atoms with Crippen molar-refractivity contribution in [2.75, 3.05) is 11.4 Å². The SMILES string of the molecule is NC(=O)c1ccc2c(c1)CCN2C(=O)CCn1c(=O)[nH]c(=O)c2ccccc21. The van der Waals surface area contributed by atoms with Crippen molar-refractivity contribution in [3.05, 3.63) is 74.4 Å². The average molecular weight is 378 g/mol. The number of nitrogens with two attached hydrogens (primary N) is 1. The molecule has 2 aromatic carbocycles. The molecule has 4 rings (SSSR count). The van der Waals surface area contributed by atoms with Crippen LogP contribution in [0.4, 0.5) is 5.69 Å².